The van der Waals surface area contributed by atoms with Gasteiger partial charge in [-0.25, -0.2) is 9.07 Å². The molecule has 0 aliphatic heterocycles. The largest absolute Gasteiger partial charge is 0.387 e. The van der Waals surface area contributed by atoms with E-state index in [-0.39, 0.29) is 17.9 Å². The zero-order chi connectivity index (χ0) is 14.7. The van der Waals surface area contributed by atoms with Gasteiger partial charge >= 0.3 is 0 Å². The predicted molar refractivity (Wildman–Crippen MR) is 77.0 cm³/mol. The van der Waals surface area contributed by atoms with Gasteiger partial charge in [-0.15, -0.1) is 0 Å². The molecule has 0 radical (unpaired) electrons. The van der Waals surface area contributed by atoms with Crippen LogP contribution < -0.4 is 10.9 Å². The van der Waals surface area contributed by atoms with E-state index in [1.807, 2.05) is 0 Å². The fraction of sp³-hybridized carbons (Fsp3) is 0.231. The molecule has 2 N–H and O–H groups in total. The minimum atomic E-state index is -0.813. The summed E-state index contributed by atoms with van der Waals surface area (Å²) in [4.78, 5) is 11.7. The van der Waals surface area contributed by atoms with Crippen LogP contribution in [0.2, 0.25) is 0 Å². The summed E-state index contributed by atoms with van der Waals surface area (Å²) < 4.78 is 14.3. The number of hydrogen-bond acceptors (Lipinski definition) is 4. The molecule has 1 aromatic carbocycles. The number of benzene rings is 1. The van der Waals surface area contributed by atoms with E-state index in [1.54, 1.807) is 7.05 Å². The third kappa shape index (κ3) is 3.23. The molecule has 1 heterocycles. The molecule has 0 saturated heterocycles. The summed E-state index contributed by atoms with van der Waals surface area (Å²) in [6, 6.07) is 5.60. The highest BCUT2D eigenvalue weighted by molar-refractivity contribution is 9.10. The summed E-state index contributed by atoms with van der Waals surface area (Å²) in [5, 5.41) is 16.8. The molecule has 0 saturated carbocycles. The molecule has 0 fully saturated rings. The van der Waals surface area contributed by atoms with Gasteiger partial charge in [0.2, 0.25) is 0 Å². The summed E-state index contributed by atoms with van der Waals surface area (Å²) in [5.41, 5.74) is 0.812. The molecule has 7 heteroatoms. The van der Waals surface area contributed by atoms with Gasteiger partial charge < -0.3 is 10.4 Å². The van der Waals surface area contributed by atoms with Crippen molar-refractivity contribution in [1.29, 1.82) is 0 Å². The Bertz CT molecular complexity index is 658. The van der Waals surface area contributed by atoms with E-state index in [0.29, 0.717) is 15.7 Å². The van der Waals surface area contributed by atoms with E-state index >= 15 is 0 Å². The predicted octanol–water partition coefficient (Wildman–Crippen LogP) is 1.83. The van der Waals surface area contributed by atoms with Gasteiger partial charge in [0.1, 0.15) is 10.3 Å². The molecule has 106 valence electrons. The molecule has 0 aliphatic carbocycles. The van der Waals surface area contributed by atoms with E-state index in [4.69, 9.17) is 0 Å². The summed E-state index contributed by atoms with van der Waals surface area (Å²) >= 11 is 3.18. The normalized spacial score (nSPS) is 12.2. The highest BCUT2D eigenvalue weighted by Gasteiger charge is 2.10. The van der Waals surface area contributed by atoms with Crippen molar-refractivity contribution in [2.75, 3.05) is 11.9 Å². The van der Waals surface area contributed by atoms with Crippen LogP contribution in [0.5, 0.6) is 0 Å². The number of hydrogen-bond donors (Lipinski definition) is 2. The van der Waals surface area contributed by atoms with Crippen LogP contribution >= 0.6 is 15.9 Å². The first-order valence-corrected chi connectivity index (χ1v) is 6.67. The number of aryl methyl sites for hydroxylation is 1. The Balaban J connectivity index is 2.07. The van der Waals surface area contributed by atoms with Crippen molar-refractivity contribution in [2.45, 2.75) is 6.10 Å². The van der Waals surface area contributed by atoms with Crippen molar-refractivity contribution in [1.82, 2.24) is 9.78 Å². The standard InChI is InChI=1S/C13H13BrFN3O2/c1-18-13(20)12(14)10(6-17-18)16-7-11(19)8-2-4-9(15)5-3-8/h2-6,11,16,19H,7H2,1H3. The van der Waals surface area contributed by atoms with E-state index < -0.39 is 6.10 Å². The van der Waals surface area contributed by atoms with E-state index in [2.05, 4.69) is 26.3 Å². The number of aliphatic hydroxyl groups excluding tert-OH is 1. The van der Waals surface area contributed by atoms with Gasteiger partial charge in [-0.1, -0.05) is 12.1 Å². The Kier molecular flexibility index (Phi) is 4.51. The van der Waals surface area contributed by atoms with E-state index in [0.717, 1.165) is 0 Å². The Hall–Kier alpha value is -1.73. The lowest BCUT2D eigenvalue weighted by molar-refractivity contribution is 0.191. The first-order chi connectivity index (χ1) is 9.49. The Morgan fingerprint density at radius 2 is 2.10 bits per heavy atom. The smallest absolute Gasteiger partial charge is 0.282 e. The molecule has 1 aromatic heterocycles. The van der Waals surface area contributed by atoms with Gasteiger partial charge in [0.05, 0.1) is 18.0 Å². The van der Waals surface area contributed by atoms with Crippen molar-refractivity contribution in [2.24, 2.45) is 7.05 Å². The molecule has 0 bridgehead atoms. The number of halogens is 2. The highest BCUT2D eigenvalue weighted by Crippen LogP contribution is 2.18. The van der Waals surface area contributed by atoms with Crippen molar-refractivity contribution in [3.63, 3.8) is 0 Å². The molecule has 2 aromatic rings. The fourth-order valence-electron chi connectivity index (χ4n) is 1.64. The van der Waals surface area contributed by atoms with Crippen LogP contribution in [0.1, 0.15) is 11.7 Å². The molecule has 5 nitrogen and oxygen atoms in total. The zero-order valence-corrected chi connectivity index (χ0v) is 12.3. The Labute approximate surface area is 123 Å². The lowest BCUT2D eigenvalue weighted by Crippen LogP contribution is -2.22. The summed E-state index contributed by atoms with van der Waals surface area (Å²) in [7, 11) is 1.55. The van der Waals surface area contributed by atoms with Crippen molar-refractivity contribution in [3.8, 4) is 0 Å². The van der Waals surface area contributed by atoms with Gasteiger partial charge in [0.25, 0.3) is 5.56 Å². The van der Waals surface area contributed by atoms with Crippen LogP contribution in [0.3, 0.4) is 0 Å². The van der Waals surface area contributed by atoms with Gasteiger partial charge in [-0.05, 0) is 33.6 Å². The topological polar surface area (TPSA) is 67.2 Å². The number of rotatable bonds is 4. The fourth-order valence-corrected chi connectivity index (χ4v) is 2.14. The number of anilines is 1. The Morgan fingerprint density at radius 1 is 1.45 bits per heavy atom. The van der Waals surface area contributed by atoms with Crippen molar-refractivity contribution in [3.05, 3.63) is 56.7 Å². The van der Waals surface area contributed by atoms with Crippen molar-refractivity contribution < 1.29 is 9.50 Å². The molecular formula is C13H13BrFN3O2. The number of aliphatic hydroxyl groups is 1. The minimum absolute atomic E-state index is 0.180. The SMILES string of the molecule is Cn1ncc(NCC(O)c2ccc(F)cc2)c(Br)c1=O. The third-order valence-corrected chi connectivity index (χ3v) is 3.59. The molecule has 0 aliphatic rings. The second kappa shape index (κ2) is 6.15. The number of nitrogens with one attached hydrogen (secondary N) is 1. The zero-order valence-electron chi connectivity index (χ0n) is 10.7. The second-order valence-corrected chi connectivity index (χ2v) is 5.04. The Morgan fingerprint density at radius 3 is 2.75 bits per heavy atom. The van der Waals surface area contributed by atoms with E-state index in [9.17, 15) is 14.3 Å². The molecule has 1 unspecified atom stereocenters. The van der Waals surface area contributed by atoms with Crippen LogP contribution in [-0.2, 0) is 7.05 Å². The first-order valence-electron chi connectivity index (χ1n) is 5.88. The maximum atomic E-state index is 12.8. The third-order valence-electron chi connectivity index (χ3n) is 2.82. The maximum absolute atomic E-state index is 12.8. The van der Waals surface area contributed by atoms with Gasteiger partial charge in [0.15, 0.2) is 0 Å². The summed E-state index contributed by atoms with van der Waals surface area (Å²) in [5.74, 6) is -0.354. The summed E-state index contributed by atoms with van der Waals surface area (Å²) in [6.07, 6.45) is 0.676. The number of nitrogens with zero attached hydrogens (tertiary/aromatic N) is 2. The molecule has 2 rings (SSSR count). The van der Waals surface area contributed by atoms with Crippen LogP contribution in [0, 0.1) is 5.82 Å². The molecule has 0 spiro atoms. The minimum Gasteiger partial charge on any atom is -0.387 e. The van der Waals surface area contributed by atoms with Crippen LogP contribution in [0.4, 0.5) is 10.1 Å². The van der Waals surface area contributed by atoms with Crippen LogP contribution in [0.15, 0.2) is 39.7 Å². The number of aromatic nitrogens is 2. The average molecular weight is 342 g/mol. The maximum Gasteiger partial charge on any atom is 0.282 e. The van der Waals surface area contributed by atoms with E-state index in [1.165, 1.54) is 35.1 Å². The molecule has 0 amide bonds. The van der Waals surface area contributed by atoms with Crippen LogP contribution in [0.25, 0.3) is 0 Å². The second-order valence-electron chi connectivity index (χ2n) is 4.25. The lowest BCUT2D eigenvalue weighted by Gasteiger charge is -2.14. The summed E-state index contributed by atoms with van der Waals surface area (Å²) in [6.45, 7) is 0.180. The van der Waals surface area contributed by atoms with Crippen LogP contribution in [-0.4, -0.2) is 21.4 Å². The quantitative estimate of drug-likeness (QED) is 0.890. The lowest BCUT2D eigenvalue weighted by atomic mass is 10.1. The molecular weight excluding hydrogens is 329 g/mol. The van der Waals surface area contributed by atoms with Gasteiger partial charge in [-0.2, -0.15) is 5.10 Å². The monoisotopic (exact) mass is 341 g/mol. The van der Waals surface area contributed by atoms with Crippen molar-refractivity contribution >= 4 is 21.6 Å². The molecule has 20 heavy (non-hydrogen) atoms. The first kappa shape index (κ1) is 14.7. The van der Waals surface area contributed by atoms with Gasteiger partial charge in [-0.3, -0.25) is 4.79 Å². The van der Waals surface area contributed by atoms with Gasteiger partial charge in [0, 0.05) is 13.6 Å². The average Bonchev–Trinajstić information content (AvgIpc) is 2.44. The highest BCUT2D eigenvalue weighted by atomic mass is 79.9. The molecule has 1 atom stereocenters.